The molecular formula is C17H12ClNO. The van der Waals surface area contributed by atoms with E-state index in [0.29, 0.717) is 17.1 Å². The minimum Gasteiger partial charge on any atom is -0.292 e. The fourth-order valence-electron chi connectivity index (χ4n) is 2.14. The van der Waals surface area contributed by atoms with Gasteiger partial charge in [0.1, 0.15) is 5.69 Å². The van der Waals surface area contributed by atoms with Gasteiger partial charge in [0.15, 0.2) is 5.78 Å². The quantitative estimate of drug-likeness (QED) is 0.670. The van der Waals surface area contributed by atoms with Crippen molar-refractivity contribution < 1.29 is 4.79 Å². The number of carbonyl (C=O) groups is 1. The maximum absolute atomic E-state index is 12.3. The van der Waals surface area contributed by atoms with E-state index in [9.17, 15) is 4.79 Å². The van der Waals surface area contributed by atoms with Crippen LogP contribution in [0.4, 0.5) is 0 Å². The minimum absolute atomic E-state index is 0.00183. The number of benzene rings is 2. The SMILES string of the molecule is O=C(Cc1cccc(Cl)c1)c1ccc2ccccc2n1. The van der Waals surface area contributed by atoms with Crippen molar-refractivity contribution in [1.29, 1.82) is 0 Å². The van der Waals surface area contributed by atoms with Crippen LogP contribution >= 0.6 is 11.6 Å². The molecular weight excluding hydrogens is 270 g/mol. The first kappa shape index (κ1) is 12.8. The Kier molecular flexibility index (Phi) is 3.48. The Morgan fingerprint density at radius 3 is 2.70 bits per heavy atom. The first-order chi connectivity index (χ1) is 9.72. The highest BCUT2D eigenvalue weighted by molar-refractivity contribution is 6.30. The Morgan fingerprint density at radius 2 is 1.85 bits per heavy atom. The van der Waals surface area contributed by atoms with Crippen LogP contribution in [0.2, 0.25) is 5.02 Å². The summed E-state index contributed by atoms with van der Waals surface area (Å²) in [4.78, 5) is 16.7. The van der Waals surface area contributed by atoms with E-state index >= 15 is 0 Å². The van der Waals surface area contributed by atoms with Crippen LogP contribution in [-0.4, -0.2) is 10.8 Å². The molecule has 3 rings (SSSR count). The molecule has 2 nitrogen and oxygen atoms in total. The number of ketones is 1. The second kappa shape index (κ2) is 5.43. The van der Waals surface area contributed by atoms with E-state index in [-0.39, 0.29) is 5.78 Å². The van der Waals surface area contributed by atoms with Gasteiger partial charge in [-0.3, -0.25) is 4.79 Å². The van der Waals surface area contributed by atoms with Crippen LogP contribution in [0.25, 0.3) is 10.9 Å². The summed E-state index contributed by atoms with van der Waals surface area (Å²) in [6.45, 7) is 0. The van der Waals surface area contributed by atoms with Crippen molar-refractivity contribution in [2.45, 2.75) is 6.42 Å². The van der Waals surface area contributed by atoms with Gasteiger partial charge in [0.2, 0.25) is 0 Å². The molecule has 98 valence electrons. The summed E-state index contributed by atoms with van der Waals surface area (Å²) in [6, 6.07) is 18.8. The topological polar surface area (TPSA) is 30.0 Å². The summed E-state index contributed by atoms with van der Waals surface area (Å²) in [7, 11) is 0. The fraction of sp³-hybridized carbons (Fsp3) is 0.0588. The second-order valence-electron chi connectivity index (χ2n) is 4.62. The van der Waals surface area contributed by atoms with E-state index in [2.05, 4.69) is 4.98 Å². The van der Waals surface area contributed by atoms with Gasteiger partial charge >= 0.3 is 0 Å². The van der Waals surface area contributed by atoms with Gasteiger partial charge in [0, 0.05) is 16.8 Å². The van der Waals surface area contributed by atoms with E-state index in [0.717, 1.165) is 16.5 Å². The van der Waals surface area contributed by atoms with E-state index in [4.69, 9.17) is 11.6 Å². The number of hydrogen-bond donors (Lipinski definition) is 0. The van der Waals surface area contributed by atoms with Crippen LogP contribution in [0.5, 0.6) is 0 Å². The Labute approximate surface area is 122 Å². The molecule has 0 amide bonds. The van der Waals surface area contributed by atoms with Crippen LogP contribution in [-0.2, 0) is 6.42 Å². The van der Waals surface area contributed by atoms with Gasteiger partial charge in [0.05, 0.1) is 5.52 Å². The molecule has 1 heterocycles. The van der Waals surface area contributed by atoms with Crippen molar-refractivity contribution in [2.75, 3.05) is 0 Å². The third-order valence-electron chi connectivity index (χ3n) is 3.14. The lowest BCUT2D eigenvalue weighted by atomic mass is 10.1. The molecule has 0 aliphatic rings. The van der Waals surface area contributed by atoms with E-state index in [1.165, 1.54) is 0 Å². The van der Waals surface area contributed by atoms with Gasteiger partial charge < -0.3 is 0 Å². The highest BCUT2D eigenvalue weighted by Crippen LogP contribution is 2.15. The van der Waals surface area contributed by atoms with E-state index < -0.39 is 0 Å². The maximum Gasteiger partial charge on any atom is 0.185 e. The number of carbonyl (C=O) groups excluding carboxylic acids is 1. The molecule has 0 N–H and O–H groups in total. The molecule has 0 bridgehead atoms. The molecule has 20 heavy (non-hydrogen) atoms. The number of aromatic nitrogens is 1. The normalized spacial score (nSPS) is 10.7. The van der Waals surface area contributed by atoms with Crippen molar-refractivity contribution in [2.24, 2.45) is 0 Å². The molecule has 0 unspecified atom stereocenters. The summed E-state index contributed by atoms with van der Waals surface area (Å²) in [6.07, 6.45) is 0.311. The number of pyridine rings is 1. The summed E-state index contributed by atoms with van der Waals surface area (Å²) in [5.74, 6) is -0.00183. The lowest BCUT2D eigenvalue weighted by Crippen LogP contribution is -2.06. The third-order valence-corrected chi connectivity index (χ3v) is 3.37. The van der Waals surface area contributed by atoms with Crippen molar-refractivity contribution in [1.82, 2.24) is 4.98 Å². The second-order valence-corrected chi connectivity index (χ2v) is 5.06. The van der Waals surface area contributed by atoms with Crippen molar-refractivity contribution in [3.05, 3.63) is 76.9 Å². The third kappa shape index (κ3) is 2.70. The first-order valence-corrected chi connectivity index (χ1v) is 6.73. The number of hydrogen-bond acceptors (Lipinski definition) is 2. The first-order valence-electron chi connectivity index (χ1n) is 6.36. The molecule has 3 aromatic rings. The standard InChI is InChI=1S/C17H12ClNO/c18-14-6-3-4-12(10-14)11-17(20)16-9-8-13-5-1-2-7-15(13)19-16/h1-10H,11H2. The van der Waals surface area contributed by atoms with Gasteiger partial charge in [-0.1, -0.05) is 48.0 Å². The predicted molar refractivity (Wildman–Crippen MR) is 81.2 cm³/mol. The summed E-state index contributed by atoms with van der Waals surface area (Å²) in [5, 5.41) is 1.67. The van der Waals surface area contributed by atoms with Crippen LogP contribution < -0.4 is 0 Å². The Morgan fingerprint density at radius 1 is 1.00 bits per heavy atom. The Bertz CT molecular complexity index is 783. The molecule has 0 atom stereocenters. The molecule has 0 radical (unpaired) electrons. The van der Waals surface area contributed by atoms with Gasteiger partial charge in [-0.15, -0.1) is 0 Å². The molecule has 3 heteroatoms. The highest BCUT2D eigenvalue weighted by atomic mass is 35.5. The number of fused-ring (bicyclic) bond motifs is 1. The van der Waals surface area contributed by atoms with Gasteiger partial charge in [-0.25, -0.2) is 4.98 Å². The van der Waals surface area contributed by atoms with Crippen molar-refractivity contribution in [3.8, 4) is 0 Å². The molecule has 0 fully saturated rings. The summed E-state index contributed by atoms with van der Waals surface area (Å²) >= 11 is 5.93. The van der Waals surface area contributed by atoms with Gasteiger partial charge in [0.25, 0.3) is 0 Å². The van der Waals surface area contributed by atoms with Crippen molar-refractivity contribution in [3.63, 3.8) is 0 Å². The monoisotopic (exact) mass is 281 g/mol. The molecule has 0 saturated carbocycles. The van der Waals surface area contributed by atoms with Crippen LogP contribution in [0.3, 0.4) is 0 Å². The number of para-hydroxylation sites is 1. The molecule has 0 aliphatic heterocycles. The lowest BCUT2D eigenvalue weighted by molar-refractivity contribution is 0.0988. The molecule has 0 saturated heterocycles. The molecule has 2 aromatic carbocycles. The Hall–Kier alpha value is -2.19. The van der Waals surface area contributed by atoms with Crippen molar-refractivity contribution >= 4 is 28.3 Å². The molecule has 0 aliphatic carbocycles. The van der Waals surface area contributed by atoms with Crippen LogP contribution in [0.15, 0.2) is 60.7 Å². The number of nitrogens with zero attached hydrogens (tertiary/aromatic N) is 1. The lowest BCUT2D eigenvalue weighted by Gasteiger charge is -2.03. The Balaban J connectivity index is 1.88. The molecule has 0 spiro atoms. The number of halogens is 1. The zero-order valence-corrected chi connectivity index (χ0v) is 11.5. The average Bonchev–Trinajstić information content (AvgIpc) is 2.47. The maximum atomic E-state index is 12.3. The zero-order chi connectivity index (χ0) is 13.9. The van der Waals surface area contributed by atoms with Crippen LogP contribution in [0, 0.1) is 0 Å². The van der Waals surface area contributed by atoms with Gasteiger partial charge in [-0.05, 0) is 29.8 Å². The predicted octanol–water partition coefficient (Wildman–Crippen LogP) is 4.31. The van der Waals surface area contributed by atoms with E-state index in [1.807, 2.05) is 42.5 Å². The minimum atomic E-state index is -0.00183. The highest BCUT2D eigenvalue weighted by Gasteiger charge is 2.09. The summed E-state index contributed by atoms with van der Waals surface area (Å²) in [5.41, 5.74) is 2.23. The van der Waals surface area contributed by atoms with E-state index in [1.54, 1.807) is 18.2 Å². The number of Topliss-reactive ketones (excluding diaryl/α,β-unsaturated/α-hetero) is 1. The fourth-order valence-corrected chi connectivity index (χ4v) is 2.36. The van der Waals surface area contributed by atoms with Gasteiger partial charge in [-0.2, -0.15) is 0 Å². The summed E-state index contributed by atoms with van der Waals surface area (Å²) < 4.78 is 0. The molecule has 1 aromatic heterocycles. The zero-order valence-electron chi connectivity index (χ0n) is 10.7. The largest absolute Gasteiger partial charge is 0.292 e. The smallest absolute Gasteiger partial charge is 0.185 e. The average molecular weight is 282 g/mol. The van der Waals surface area contributed by atoms with Crippen LogP contribution in [0.1, 0.15) is 16.1 Å². The number of rotatable bonds is 3.